The number of halogens is 1. The van der Waals surface area contributed by atoms with E-state index in [1.165, 1.54) is 6.07 Å². The fourth-order valence-electron chi connectivity index (χ4n) is 2.82. The van der Waals surface area contributed by atoms with E-state index in [9.17, 15) is 14.0 Å². The number of rotatable bonds is 2. The summed E-state index contributed by atoms with van der Waals surface area (Å²) in [4.78, 5) is 23.2. The standard InChI is InChI=1S/C15H16FN3O2/c1-7(2)8-3-5-10(16)12-13(8)18-19-14(12)9-4-6-11(20)17-15(9)21/h3,5,7,9H,4,6H2,1-2H3,(H,18,19)(H,17,20,21). The highest BCUT2D eigenvalue weighted by molar-refractivity contribution is 6.02. The van der Waals surface area contributed by atoms with Crippen molar-refractivity contribution in [2.75, 3.05) is 0 Å². The Kier molecular flexibility index (Phi) is 3.23. The lowest BCUT2D eigenvalue weighted by molar-refractivity contribution is -0.134. The first-order valence-corrected chi connectivity index (χ1v) is 6.99. The molecule has 2 heterocycles. The molecule has 110 valence electrons. The zero-order valence-electron chi connectivity index (χ0n) is 11.9. The molecule has 0 radical (unpaired) electrons. The van der Waals surface area contributed by atoms with Crippen LogP contribution >= 0.6 is 0 Å². The highest BCUT2D eigenvalue weighted by atomic mass is 19.1. The third-order valence-electron chi connectivity index (χ3n) is 3.93. The molecule has 6 heteroatoms. The Morgan fingerprint density at radius 1 is 1.33 bits per heavy atom. The molecule has 0 saturated carbocycles. The zero-order chi connectivity index (χ0) is 15.1. The predicted octanol–water partition coefficient (Wildman–Crippen LogP) is 2.35. The number of amides is 2. The molecule has 1 fully saturated rings. The lowest BCUT2D eigenvalue weighted by atomic mass is 9.91. The van der Waals surface area contributed by atoms with Crippen LogP contribution in [0.4, 0.5) is 4.39 Å². The van der Waals surface area contributed by atoms with Gasteiger partial charge in [0.25, 0.3) is 0 Å². The highest BCUT2D eigenvalue weighted by Gasteiger charge is 2.32. The van der Waals surface area contributed by atoms with Crippen LogP contribution in [-0.4, -0.2) is 22.0 Å². The molecule has 3 rings (SSSR count). The molecule has 0 bridgehead atoms. The average molecular weight is 289 g/mol. The molecule has 21 heavy (non-hydrogen) atoms. The number of nitrogens with one attached hydrogen (secondary N) is 2. The molecule has 1 aliphatic heterocycles. The number of aromatic amines is 1. The molecule has 1 aromatic heterocycles. The summed E-state index contributed by atoms with van der Waals surface area (Å²) in [5.41, 5.74) is 1.95. The first kappa shape index (κ1) is 13.7. The number of carbonyl (C=O) groups is 2. The topological polar surface area (TPSA) is 74.8 Å². The summed E-state index contributed by atoms with van der Waals surface area (Å²) in [5.74, 6) is -1.45. The normalized spacial score (nSPS) is 19.3. The van der Waals surface area contributed by atoms with Crippen molar-refractivity contribution < 1.29 is 14.0 Å². The maximum Gasteiger partial charge on any atom is 0.235 e. The Balaban J connectivity index is 2.14. The van der Waals surface area contributed by atoms with Gasteiger partial charge in [-0.15, -0.1) is 0 Å². The monoisotopic (exact) mass is 289 g/mol. The second-order valence-corrected chi connectivity index (χ2v) is 5.66. The number of imide groups is 1. The van der Waals surface area contributed by atoms with Crippen molar-refractivity contribution in [2.24, 2.45) is 0 Å². The Morgan fingerprint density at radius 3 is 2.76 bits per heavy atom. The first-order chi connectivity index (χ1) is 9.99. The predicted molar refractivity (Wildman–Crippen MR) is 75.3 cm³/mol. The largest absolute Gasteiger partial charge is 0.296 e. The Bertz CT molecular complexity index is 736. The first-order valence-electron chi connectivity index (χ1n) is 6.99. The second kappa shape index (κ2) is 4.95. The number of carbonyl (C=O) groups excluding carboxylic acids is 2. The molecule has 1 aromatic carbocycles. The van der Waals surface area contributed by atoms with Gasteiger partial charge < -0.3 is 0 Å². The van der Waals surface area contributed by atoms with Gasteiger partial charge in [0, 0.05) is 6.42 Å². The van der Waals surface area contributed by atoms with Gasteiger partial charge in [0.2, 0.25) is 11.8 Å². The van der Waals surface area contributed by atoms with Crippen molar-refractivity contribution in [2.45, 2.75) is 38.5 Å². The minimum absolute atomic E-state index is 0.200. The van der Waals surface area contributed by atoms with Crippen molar-refractivity contribution in [3.63, 3.8) is 0 Å². The molecule has 1 aliphatic rings. The van der Waals surface area contributed by atoms with Gasteiger partial charge in [0.15, 0.2) is 0 Å². The van der Waals surface area contributed by atoms with Crippen molar-refractivity contribution in [1.29, 1.82) is 0 Å². The molecular weight excluding hydrogens is 273 g/mol. The van der Waals surface area contributed by atoms with E-state index in [2.05, 4.69) is 15.5 Å². The maximum absolute atomic E-state index is 14.2. The lowest BCUT2D eigenvalue weighted by Crippen LogP contribution is -2.39. The number of aromatic nitrogens is 2. The molecule has 0 aliphatic carbocycles. The van der Waals surface area contributed by atoms with Gasteiger partial charge in [-0.1, -0.05) is 19.9 Å². The maximum atomic E-state index is 14.2. The summed E-state index contributed by atoms with van der Waals surface area (Å²) in [7, 11) is 0. The molecule has 2 aromatic rings. The quantitative estimate of drug-likeness (QED) is 0.833. The molecular formula is C15H16FN3O2. The average Bonchev–Trinajstić information content (AvgIpc) is 2.84. The summed E-state index contributed by atoms with van der Waals surface area (Å²) >= 11 is 0. The van der Waals surface area contributed by atoms with Crippen LogP contribution in [-0.2, 0) is 9.59 Å². The number of hydrogen-bond donors (Lipinski definition) is 2. The van der Waals surface area contributed by atoms with Gasteiger partial charge in [-0.05, 0) is 24.0 Å². The number of fused-ring (bicyclic) bond motifs is 1. The number of hydrogen-bond acceptors (Lipinski definition) is 3. The smallest absolute Gasteiger partial charge is 0.235 e. The molecule has 1 atom stereocenters. The van der Waals surface area contributed by atoms with Gasteiger partial charge >= 0.3 is 0 Å². The summed E-state index contributed by atoms with van der Waals surface area (Å²) in [6.45, 7) is 4.01. The number of H-pyrrole nitrogens is 1. The van der Waals surface area contributed by atoms with E-state index < -0.39 is 17.6 Å². The van der Waals surface area contributed by atoms with Crippen LogP contribution in [0.15, 0.2) is 12.1 Å². The summed E-state index contributed by atoms with van der Waals surface area (Å²) in [5, 5.41) is 9.65. The zero-order valence-corrected chi connectivity index (χ0v) is 11.9. The molecule has 2 amide bonds. The fourth-order valence-corrected chi connectivity index (χ4v) is 2.82. The molecule has 2 N–H and O–H groups in total. The van der Waals surface area contributed by atoms with Gasteiger partial charge in [-0.25, -0.2) is 4.39 Å². The molecule has 5 nitrogen and oxygen atoms in total. The van der Waals surface area contributed by atoms with Crippen molar-refractivity contribution in [3.8, 4) is 0 Å². The van der Waals surface area contributed by atoms with Gasteiger partial charge in [0.1, 0.15) is 5.82 Å². The molecule has 1 saturated heterocycles. The van der Waals surface area contributed by atoms with Crippen molar-refractivity contribution in [3.05, 3.63) is 29.2 Å². The van der Waals surface area contributed by atoms with Crippen LogP contribution in [0.2, 0.25) is 0 Å². The minimum Gasteiger partial charge on any atom is -0.296 e. The van der Waals surface area contributed by atoms with E-state index in [1.54, 1.807) is 6.07 Å². The van der Waals surface area contributed by atoms with E-state index in [-0.39, 0.29) is 18.2 Å². The Morgan fingerprint density at radius 2 is 2.10 bits per heavy atom. The van der Waals surface area contributed by atoms with E-state index in [4.69, 9.17) is 0 Å². The highest BCUT2D eigenvalue weighted by Crippen LogP contribution is 2.33. The third kappa shape index (κ3) is 2.20. The minimum atomic E-state index is -0.565. The third-order valence-corrected chi connectivity index (χ3v) is 3.93. The van der Waals surface area contributed by atoms with Gasteiger partial charge in [-0.2, -0.15) is 5.10 Å². The van der Waals surface area contributed by atoms with Crippen LogP contribution in [0.25, 0.3) is 10.9 Å². The van der Waals surface area contributed by atoms with E-state index in [0.717, 1.165) is 5.56 Å². The number of piperidine rings is 1. The number of nitrogens with zero attached hydrogens (tertiary/aromatic N) is 1. The van der Waals surface area contributed by atoms with Gasteiger partial charge in [0.05, 0.1) is 22.5 Å². The second-order valence-electron chi connectivity index (χ2n) is 5.66. The Hall–Kier alpha value is -2.24. The van der Waals surface area contributed by atoms with E-state index in [1.807, 2.05) is 13.8 Å². The van der Waals surface area contributed by atoms with Crippen LogP contribution in [0, 0.1) is 5.82 Å². The van der Waals surface area contributed by atoms with Crippen molar-refractivity contribution >= 4 is 22.7 Å². The van der Waals surface area contributed by atoms with E-state index >= 15 is 0 Å². The molecule has 1 unspecified atom stereocenters. The Labute approximate surface area is 120 Å². The SMILES string of the molecule is CC(C)c1ccc(F)c2c(C3CCC(=O)NC3=O)[nH]nc12. The van der Waals surface area contributed by atoms with Crippen LogP contribution in [0.3, 0.4) is 0 Å². The van der Waals surface area contributed by atoms with Crippen LogP contribution in [0.1, 0.15) is 49.8 Å². The van der Waals surface area contributed by atoms with Crippen LogP contribution < -0.4 is 5.32 Å². The van der Waals surface area contributed by atoms with Crippen molar-refractivity contribution in [1.82, 2.24) is 15.5 Å². The molecule has 0 spiro atoms. The fraction of sp³-hybridized carbons (Fsp3) is 0.400. The van der Waals surface area contributed by atoms with Gasteiger partial charge in [-0.3, -0.25) is 20.0 Å². The van der Waals surface area contributed by atoms with E-state index in [0.29, 0.717) is 23.0 Å². The lowest BCUT2D eigenvalue weighted by Gasteiger charge is -2.20. The van der Waals surface area contributed by atoms with Crippen LogP contribution in [0.5, 0.6) is 0 Å². The number of benzene rings is 1. The summed E-state index contributed by atoms with van der Waals surface area (Å²) in [6.07, 6.45) is 0.621. The summed E-state index contributed by atoms with van der Waals surface area (Å²) in [6, 6.07) is 3.12. The summed E-state index contributed by atoms with van der Waals surface area (Å²) < 4.78 is 14.2.